The van der Waals surface area contributed by atoms with Crippen molar-refractivity contribution in [3.05, 3.63) is 23.8 Å². The smallest absolute Gasteiger partial charge is 0.337 e. The van der Waals surface area contributed by atoms with E-state index < -0.39 is 0 Å². The summed E-state index contributed by atoms with van der Waals surface area (Å²) in [6.07, 6.45) is 6.04. The lowest BCUT2D eigenvalue weighted by molar-refractivity contribution is 0.0598. The van der Waals surface area contributed by atoms with Crippen LogP contribution in [0.4, 0.5) is 5.69 Å². The monoisotopic (exact) mass is 277 g/mol. The maximum Gasteiger partial charge on any atom is 0.337 e. The highest BCUT2D eigenvalue weighted by Gasteiger charge is 2.26. The van der Waals surface area contributed by atoms with Crippen molar-refractivity contribution in [2.24, 2.45) is 5.92 Å². The van der Waals surface area contributed by atoms with Gasteiger partial charge >= 0.3 is 5.97 Å². The fraction of sp³-hybridized carbons (Fsp3) is 0.562. The first-order chi connectivity index (χ1) is 9.65. The van der Waals surface area contributed by atoms with Gasteiger partial charge in [0, 0.05) is 0 Å². The van der Waals surface area contributed by atoms with Crippen molar-refractivity contribution in [1.82, 2.24) is 0 Å². The third-order valence-corrected chi connectivity index (χ3v) is 4.08. The number of benzene rings is 1. The molecule has 0 aromatic heterocycles. The average molecular weight is 277 g/mol. The van der Waals surface area contributed by atoms with E-state index in [4.69, 9.17) is 15.2 Å². The third kappa shape index (κ3) is 3.24. The van der Waals surface area contributed by atoms with Crippen molar-refractivity contribution in [3.8, 4) is 5.75 Å². The molecule has 2 unspecified atom stereocenters. The van der Waals surface area contributed by atoms with Crippen LogP contribution in [0.15, 0.2) is 18.2 Å². The van der Waals surface area contributed by atoms with Crippen LogP contribution in [0.3, 0.4) is 0 Å². The Kier molecular flexibility index (Phi) is 4.88. The molecule has 0 heterocycles. The van der Waals surface area contributed by atoms with E-state index in [1.807, 2.05) is 0 Å². The van der Waals surface area contributed by atoms with Crippen molar-refractivity contribution in [3.63, 3.8) is 0 Å². The van der Waals surface area contributed by atoms with Gasteiger partial charge in [-0.1, -0.05) is 13.3 Å². The van der Waals surface area contributed by atoms with E-state index in [0.29, 0.717) is 22.9 Å². The molecule has 2 N–H and O–H groups in total. The maximum absolute atomic E-state index is 11.6. The highest BCUT2D eigenvalue weighted by Crippen LogP contribution is 2.33. The Morgan fingerprint density at radius 1 is 1.35 bits per heavy atom. The molecule has 1 saturated carbocycles. The second kappa shape index (κ2) is 6.64. The molecule has 0 radical (unpaired) electrons. The second-order valence-electron chi connectivity index (χ2n) is 5.35. The Morgan fingerprint density at radius 2 is 2.10 bits per heavy atom. The molecule has 20 heavy (non-hydrogen) atoms. The highest BCUT2D eigenvalue weighted by atomic mass is 16.5. The number of ether oxygens (including phenoxy) is 2. The highest BCUT2D eigenvalue weighted by molar-refractivity contribution is 5.90. The van der Waals surface area contributed by atoms with Gasteiger partial charge in [-0.3, -0.25) is 0 Å². The fourth-order valence-corrected chi connectivity index (χ4v) is 2.84. The van der Waals surface area contributed by atoms with E-state index in [-0.39, 0.29) is 12.1 Å². The third-order valence-electron chi connectivity index (χ3n) is 4.08. The predicted octanol–water partition coefficient (Wildman–Crippen LogP) is 3.40. The fourth-order valence-electron chi connectivity index (χ4n) is 2.84. The summed E-state index contributed by atoms with van der Waals surface area (Å²) in [7, 11) is 1.37. The van der Waals surface area contributed by atoms with Crippen molar-refractivity contribution in [2.75, 3.05) is 12.8 Å². The number of methoxy groups -OCH3 is 1. The zero-order chi connectivity index (χ0) is 14.5. The van der Waals surface area contributed by atoms with E-state index in [1.54, 1.807) is 18.2 Å². The Balaban J connectivity index is 2.17. The SMILES string of the molecule is CCC1CCCCC1Oc1cc(C(=O)OC)ccc1N. The molecule has 4 heteroatoms. The number of carbonyl (C=O) groups excluding carboxylic acids is 1. The summed E-state index contributed by atoms with van der Waals surface area (Å²) in [4.78, 5) is 11.6. The normalized spacial score (nSPS) is 22.3. The van der Waals surface area contributed by atoms with Crippen LogP contribution in [0, 0.1) is 5.92 Å². The molecule has 0 spiro atoms. The number of nitrogen functional groups attached to an aromatic ring is 1. The number of carbonyl (C=O) groups is 1. The van der Waals surface area contributed by atoms with Gasteiger partial charge in [-0.25, -0.2) is 4.79 Å². The molecule has 1 aromatic rings. The molecule has 2 rings (SSSR count). The van der Waals surface area contributed by atoms with Crippen molar-refractivity contribution < 1.29 is 14.3 Å². The number of nitrogens with two attached hydrogens (primary N) is 1. The van der Waals surface area contributed by atoms with Crippen LogP contribution >= 0.6 is 0 Å². The van der Waals surface area contributed by atoms with Gasteiger partial charge in [0.1, 0.15) is 11.9 Å². The quantitative estimate of drug-likeness (QED) is 0.676. The summed E-state index contributed by atoms with van der Waals surface area (Å²) < 4.78 is 10.8. The van der Waals surface area contributed by atoms with Gasteiger partial charge in [-0.15, -0.1) is 0 Å². The number of rotatable bonds is 4. The molecule has 1 fully saturated rings. The summed E-state index contributed by atoms with van der Waals surface area (Å²) in [5, 5.41) is 0. The minimum Gasteiger partial charge on any atom is -0.488 e. The van der Waals surface area contributed by atoms with Gasteiger partial charge in [-0.2, -0.15) is 0 Å². The summed E-state index contributed by atoms with van der Waals surface area (Å²) in [6, 6.07) is 5.04. The Morgan fingerprint density at radius 3 is 2.80 bits per heavy atom. The van der Waals surface area contributed by atoms with Gasteiger partial charge < -0.3 is 15.2 Å². The first-order valence-electron chi connectivity index (χ1n) is 7.30. The molecule has 4 nitrogen and oxygen atoms in total. The van der Waals surface area contributed by atoms with Gasteiger partial charge in [0.25, 0.3) is 0 Å². The number of anilines is 1. The van der Waals surface area contributed by atoms with E-state index in [2.05, 4.69) is 6.92 Å². The average Bonchev–Trinajstić information content (AvgIpc) is 2.49. The molecule has 0 aliphatic heterocycles. The zero-order valence-electron chi connectivity index (χ0n) is 12.2. The Hall–Kier alpha value is -1.71. The minimum absolute atomic E-state index is 0.198. The number of hydrogen-bond donors (Lipinski definition) is 1. The van der Waals surface area contributed by atoms with E-state index >= 15 is 0 Å². The second-order valence-corrected chi connectivity index (χ2v) is 5.35. The molecule has 1 aliphatic rings. The van der Waals surface area contributed by atoms with Crippen LogP contribution in [-0.4, -0.2) is 19.2 Å². The van der Waals surface area contributed by atoms with Crippen LogP contribution in [-0.2, 0) is 4.74 Å². The molecule has 2 atom stereocenters. The standard InChI is InChI=1S/C16H23NO3/c1-3-11-6-4-5-7-14(11)20-15-10-12(16(18)19-2)8-9-13(15)17/h8-11,14H,3-7,17H2,1-2H3. The number of hydrogen-bond acceptors (Lipinski definition) is 4. The Labute approximate surface area is 120 Å². The molecule has 0 amide bonds. The minimum atomic E-state index is -0.370. The van der Waals surface area contributed by atoms with E-state index in [9.17, 15) is 4.79 Å². The zero-order valence-corrected chi connectivity index (χ0v) is 12.2. The van der Waals surface area contributed by atoms with E-state index in [1.165, 1.54) is 26.4 Å². The maximum atomic E-state index is 11.6. The number of esters is 1. The summed E-state index contributed by atoms with van der Waals surface area (Å²) in [6.45, 7) is 2.20. The lowest BCUT2D eigenvalue weighted by Gasteiger charge is -2.31. The molecular weight excluding hydrogens is 254 g/mol. The van der Waals surface area contributed by atoms with E-state index in [0.717, 1.165) is 12.8 Å². The topological polar surface area (TPSA) is 61.5 Å². The van der Waals surface area contributed by atoms with Crippen LogP contribution in [0.2, 0.25) is 0 Å². The summed E-state index contributed by atoms with van der Waals surface area (Å²) in [5.41, 5.74) is 7.00. The van der Waals surface area contributed by atoms with Crippen LogP contribution < -0.4 is 10.5 Å². The Bertz CT molecular complexity index is 473. The van der Waals surface area contributed by atoms with Gasteiger partial charge in [0.2, 0.25) is 0 Å². The first kappa shape index (κ1) is 14.7. The van der Waals surface area contributed by atoms with Crippen LogP contribution in [0.1, 0.15) is 49.4 Å². The first-order valence-corrected chi connectivity index (χ1v) is 7.30. The van der Waals surface area contributed by atoms with Crippen molar-refractivity contribution in [2.45, 2.75) is 45.1 Å². The van der Waals surface area contributed by atoms with Gasteiger partial charge in [0.15, 0.2) is 0 Å². The molecule has 1 aromatic carbocycles. The van der Waals surface area contributed by atoms with Crippen molar-refractivity contribution in [1.29, 1.82) is 0 Å². The van der Waals surface area contributed by atoms with Crippen LogP contribution in [0.25, 0.3) is 0 Å². The lowest BCUT2D eigenvalue weighted by Crippen LogP contribution is -2.30. The molecule has 1 aliphatic carbocycles. The van der Waals surface area contributed by atoms with Crippen molar-refractivity contribution >= 4 is 11.7 Å². The van der Waals surface area contributed by atoms with Gasteiger partial charge in [0.05, 0.1) is 18.4 Å². The summed E-state index contributed by atoms with van der Waals surface area (Å²) in [5.74, 6) is 0.800. The van der Waals surface area contributed by atoms with Crippen LogP contribution in [0.5, 0.6) is 5.75 Å². The largest absolute Gasteiger partial charge is 0.488 e. The van der Waals surface area contributed by atoms with Gasteiger partial charge in [-0.05, 0) is 49.8 Å². The molecule has 0 bridgehead atoms. The molecular formula is C16H23NO3. The molecule has 0 saturated heterocycles. The lowest BCUT2D eigenvalue weighted by atomic mass is 9.85. The predicted molar refractivity (Wildman–Crippen MR) is 78.9 cm³/mol. The summed E-state index contributed by atoms with van der Waals surface area (Å²) >= 11 is 0. The molecule has 110 valence electrons.